The van der Waals surface area contributed by atoms with Crippen molar-refractivity contribution in [3.63, 3.8) is 0 Å². The molecular formula is C21H18O4. The summed E-state index contributed by atoms with van der Waals surface area (Å²) in [6, 6.07) is 16.6. The van der Waals surface area contributed by atoms with E-state index in [1.165, 1.54) is 12.1 Å². The monoisotopic (exact) mass is 334 g/mol. The molecule has 0 saturated heterocycles. The topological polar surface area (TPSA) is 56.5 Å². The Labute approximate surface area is 145 Å². The van der Waals surface area contributed by atoms with E-state index in [2.05, 4.69) is 0 Å². The minimum Gasteiger partial charge on any atom is -0.458 e. The summed E-state index contributed by atoms with van der Waals surface area (Å²) in [4.78, 5) is 23.6. The third-order valence-electron chi connectivity index (χ3n) is 3.88. The highest BCUT2D eigenvalue weighted by Gasteiger charge is 2.08. The van der Waals surface area contributed by atoms with E-state index in [1.807, 2.05) is 55.5 Å². The zero-order valence-electron chi connectivity index (χ0n) is 13.9. The van der Waals surface area contributed by atoms with Gasteiger partial charge in [-0.25, -0.2) is 9.59 Å². The second-order valence-corrected chi connectivity index (χ2v) is 5.63. The van der Waals surface area contributed by atoms with Gasteiger partial charge in [0, 0.05) is 23.1 Å². The summed E-state index contributed by atoms with van der Waals surface area (Å²) in [7, 11) is 0. The zero-order chi connectivity index (χ0) is 17.6. The van der Waals surface area contributed by atoms with Crippen LogP contribution in [0.15, 0.2) is 69.9 Å². The number of rotatable bonds is 5. The van der Waals surface area contributed by atoms with Crippen molar-refractivity contribution < 1.29 is 13.9 Å². The van der Waals surface area contributed by atoms with Crippen LogP contribution in [0.5, 0.6) is 0 Å². The first kappa shape index (κ1) is 16.7. The third kappa shape index (κ3) is 4.23. The fraction of sp³-hybridized carbons (Fsp3) is 0.143. The lowest BCUT2D eigenvalue weighted by molar-refractivity contribution is -0.138. The molecule has 0 amide bonds. The molecule has 4 nitrogen and oxygen atoms in total. The van der Waals surface area contributed by atoms with Crippen LogP contribution in [0, 0.1) is 0 Å². The Morgan fingerprint density at radius 2 is 1.92 bits per heavy atom. The van der Waals surface area contributed by atoms with E-state index < -0.39 is 11.6 Å². The first-order chi connectivity index (χ1) is 12.2. The van der Waals surface area contributed by atoms with Crippen molar-refractivity contribution in [2.75, 3.05) is 0 Å². The maximum absolute atomic E-state index is 11.9. The van der Waals surface area contributed by atoms with Gasteiger partial charge >= 0.3 is 11.6 Å². The van der Waals surface area contributed by atoms with Crippen LogP contribution in [0.2, 0.25) is 0 Å². The van der Waals surface area contributed by atoms with Gasteiger partial charge in [0.05, 0.1) is 0 Å². The number of aryl methyl sites for hydroxylation is 1. The molecular weight excluding hydrogens is 316 g/mol. The summed E-state index contributed by atoms with van der Waals surface area (Å²) in [6.07, 6.45) is 3.91. The Balaban J connectivity index is 1.75. The van der Waals surface area contributed by atoms with Gasteiger partial charge in [-0.1, -0.05) is 49.4 Å². The van der Waals surface area contributed by atoms with Gasteiger partial charge in [-0.05, 0) is 29.7 Å². The molecule has 25 heavy (non-hydrogen) atoms. The van der Waals surface area contributed by atoms with Gasteiger partial charge < -0.3 is 9.15 Å². The van der Waals surface area contributed by atoms with Gasteiger partial charge in [0.15, 0.2) is 0 Å². The number of carbonyl (C=O) groups is 1. The van der Waals surface area contributed by atoms with Crippen molar-refractivity contribution in [2.24, 2.45) is 0 Å². The number of fused-ring (bicyclic) bond motifs is 1. The fourth-order valence-electron chi connectivity index (χ4n) is 2.54. The molecule has 0 spiro atoms. The fourth-order valence-corrected chi connectivity index (χ4v) is 2.54. The first-order valence-electron chi connectivity index (χ1n) is 8.11. The number of ether oxygens (including phenoxy) is 1. The predicted molar refractivity (Wildman–Crippen MR) is 97.1 cm³/mol. The Kier molecular flexibility index (Phi) is 5.09. The highest BCUT2D eigenvalue weighted by atomic mass is 16.5. The first-order valence-corrected chi connectivity index (χ1v) is 8.11. The maximum atomic E-state index is 11.9. The molecule has 0 fully saturated rings. The normalized spacial score (nSPS) is 11.1. The summed E-state index contributed by atoms with van der Waals surface area (Å²) in [5.41, 5.74) is 2.69. The quantitative estimate of drug-likeness (QED) is 0.400. The molecule has 4 heteroatoms. The Morgan fingerprint density at radius 1 is 1.12 bits per heavy atom. The SMILES string of the molecule is CCc1ccc2c(COC(=O)/C=C/c3ccccc3)cc(=O)oc2c1. The van der Waals surface area contributed by atoms with E-state index in [0.29, 0.717) is 11.1 Å². The van der Waals surface area contributed by atoms with Crippen molar-refractivity contribution in [3.8, 4) is 0 Å². The number of esters is 1. The molecule has 0 bridgehead atoms. The van der Waals surface area contributed by atoms with E-state index in [9.17, 15) is 9.59 Å². The van der Waals surface area contributed by atoms with Gasteiger partial charge in [0.2, 0.25) is 0 Å². The van der Waals surface area contributed by atoms with Gasteiger partial charge in [-0.15, -0.1) is 0 Å². The van der Waals surface area contributed by atoms with Crippen LogP contribution in [0.3, 0.4) is 0 Å². The molecule has 2 aromatic carbocycles. The second kappa shape index (κ2) is 7.62. The second-order valence-electron chi connectivity index (χ2n) is 5.63. The lowest BCUT2D eigenvalue weighted by atomic mass is 10.1. The molecule has 0 atom stereocenters. The predicted octanol–water partition coefficient (Wildman–Crippen LogP) is 4.11. The van der Waals surface area contributed by atoms with Crippen molar-refractivity contribution in [2.45, 2.75) is 20.0 Å². The molecule has 0 aliphatic carbocycles. The van der Waals surface area contributed by atoms with Crippen molar-refractivity contribution in [3.05, 3.63) is 87.8 Å². The third-order valence-corrected chi connectivity index (χ3v) is 3.88. The van der Waals surface area contributed by atoms with Crippen molar-refractivity contribution >= 4 is 23.0 Å². The van der Waals surface area contributed by atoms with E-state index in [1.54, 1.807) is 6.08 Å². The number of benzene rings is 2. The zero-order valence-corrected chi connectivity index (χ0v) is 13.9. The molecule has 3 aromatic rings. The number of hydrogen-bond donors (Lipinski definition) is 0. The molecule has 0 N–H and O–H groups in total. The Bertz CT molecular complexity index is 968. The maximum Gasteiger partial charge on any atom is 0.336 e. The molecule has 0 aliphatic rings. The smallest absolute Gasteiger partial charge is 0.336 e. The molecule has 3 rings (SSSR count). The molecule has 0 saturated carbocycles. The van der Waals surface area contributed by atoms with Crippen LogP contribution in [0.1, 0.15) is 23.6 Å². The molecule has 1 heterocycles. The van der Waals surface area contributed by atoms with E-state index in [0.717, 1.165) is 22.9 Å². The number of carbonyl (C=O) groups excluding carboxylic acids is 1. The lowest BCUT2D eigenvalue weighted by Gasteiger charge is -2.07. The Morgan fingerprint density at radius 3 is 2.68 bits per heavy atom. The average Bonchev–Trinajstić information content (AvgIpc) is 2.64. The van der Waals surface area contributed by atoms with E-state index >= 15 is 0 Å². The summed E-state index contributed by atoms with van der Waals surface area (Å²) < 4.78 is 10.5. The summed E-state index contributed by atoms with van der Waals surface area (Å²) in [5, 5.41) is 0.775. The lowest BCUT2D eigenvalue weighted by Crippen LogP contribution is -2.05. The minimum absolute atomic E-state index is 0.0194. The van der Waals surface area contributed by atoms with Gasteiger partial charge in [-0.2, -0.15) is 0 Å². The summed E-state index contributed by atoms with van der Waals surface area (Å²) in [6.45, 7) is 2.05. The standard InChI is InChI=1S/C21H18O4/c1-2-15-8-10-18-17(13-21(23)25-19(18)12-15)14-24-20(22)11-9-16-6-4-3-5-7-16/h3-13H,2,14H2,1H3/b11-9+. The van der Waals surface area contributed by atoms with Gasteiger partial charge in [-0.3, -0.25) is 0 Å². The highest BCUT2D eigenvalue weighted by molar-refractivity contribution is 5.87. The minimum atomic E-state index is -0.463. The molecule has 0 unspecified atom stereocenters. The van der Waals surface area contributed by atoms with Crippen molar-refractivity contribution in [1.29, 1.82) is 0 Å². The van der Waals surface area contributed by atoms with Crippen LogP contribution in [0.4, 0.5) is 0 Å². The molecule has 126 valence electrons. The number of hydrogen-bond acceptors (Lipinski definition) is 4. The Hall–Kier alpha value is -3.14. The molecule has 0 aliphatic heterocycles. The van der Waals surface area contributed by atoms with Crippen LogP contribution >= 0.6 is 0 Å². The van der Waals surface area contributed by atoms with Gasteiger partial charge in [0.1, 0.15) is 12.2 Å². The van der Waals surface area contributed by atoms with Crippen LogP contribution in [-0.4, -0.2) is 5.97 Å². The van der Waals surface area contributed by atoms with Gasteiger partial charge in [0.25, 0.3) is 0 Å². The van der Waals surface area contributed by atoms with Crippen LogP contribution in [-0.2, 0) is 22.6 Å². The summed E-state index contributed by atoms with van der Waals surface area (Å²) in [5.74, 6) is -0.463. The highest BCUT2D eigenvalue weighted by Crippen LogP contribution is 2.20. The molecule has 1 aromatic heterocycles. The van der Waals surface area contributed by atoms with Crippen molar-refractivity contribution in [1.82, 2.24) is 0 Å². The van der Waals surface area contributed by atoms with Crippen LogP contribution < -0.4 is 5.63 Å². The van der Waals surface area contributed by atoms with Crippen LogP contribution in [0.25, 0.3) is 17.0 Å². The average molecular weight is 334 g/mol. The summed E-state index contributed by atoms with van der Waals surface area (Å²) >= 11 is 0. The largest absolute Gasteiger partial charge is 0.458 e. The molecule has 0 radical (unpaired) electrons. The van der Waals surface area contributed by atoms with E-state index in [-0.39, 0.29) is 6.61 Å². The van der Waals surface area contributed by atoms with E-state index in [4.69, 9.17) is 9.15 Å².